The zero-order valence-corrected chi connectivity index (χ0v) is 7.80. The van der Waals surface area contributed by atoms with E-state index < -0.39 is 6.08 Å². The topological polar surface area (TPSA) is 47.1 Å². The van der Waals surface area contributed by atoms with Gasteiger partial charge in [0.15, 0.2) is 11.5 Å². The zero-order chi connectivity index (χ0) is 10.1. The van der Waals surface area contributed by atoms with Crippen molar-refractivity contribution < 1.29 is 13.9 Å². The summed E-state index contributed by atoms with van der Waals surface area (Å²) >= 11 is 0. The standard InChI is InChI=1S/C9H9FN2O2/c1-13-7-3-5-6(4-8(7)14-2)12-9(10)11-5/h3-4H,1-2H3,(H,11,12). The molecule has 0 radical (unpaired) electrons. The number of nitrogens with zero attached hydrogens (tertiary/aromatic N) is 1. The largest absolute Gasteiger partial charge is 0.493 e. The molecule has 0 spiro atoms. The Labute approximate surface area is 79.7 Å². The highest BCUT2D eigenvalue weighted by atomic mass is 19.1. The summed E-state index contributed by atoms with van der Waals surface area (Å²) in [6.07, 6.45) is -0.615. The maximum atomic E-state index is 12.7. The van der Waals surface area contributed by atoms with E-state index in [4.69, 9.17) is 9.47 Å². The highest BCUT2D eigenvalue weighted by Crippen LogP contribution is 2.30. The van der Waals surface area contributed by atoms with Crippen molar-refractivity contribution in [2.45, 2.75) is 0 Å². The third-order valence-electron chi connectivity index (χ3n) is 1.96. The van der Waals surface area contributed by atoms with E-state index in [1.165, 1.54) is 14.2 Å². The van der Waals surface area contributed by atoms with Crippen molar-refractivity contribution in [2.75, 3.05) is 14.2 Å². The molecular formula is C9H9FN2O2. The number of methoxy groups -OCH3 is 2. The Balaban J connectivity index is 2.68. The van der Waals surface area contributed by atoms with Crippen LogP contribution in [0.3, 0.4) is 0 Å². The summed E-state index contributed by atoms with van der Waals surface area (Å²) in [5, 5.41) is 0. The van der Waals surface area contributed by atoms with Crippen LogP contribution in [-0.2, 0) is 0 Å². The van der Waals surface area contributed by atoms with Gasteiger partial charge in [-0.1, -0.05) is 0 Å². The number of ether oxygens (including phenoxy) is 2. The molecule has 4 nitrogen and oxygen atoms in total. The van der Waals surface area contributed by atoms with Gasteiger partial charge in [-0.05, 0) is 0 Å². The monoisotopic (exact) mass is 196 g/mol. The van der Waals surface area contributed by atoms with Crippen molar-refractivity contribution in [3.8, 4) is 11.5 Å². The second-order valence-corrected chi connectivity index (χ2v) is 2.75. The molecule has 0 fully saturated rings. The fraction of sp³-hybridized carbons (Fsp3) is 0.222. The van der Waals surface area contributed by atoms with E-state index in [9.17, 15) is 4.39 Å². The number of benzene rings is 1. The summed E-state index contributed by atoms with van der Waals surface area (Å²) in [4.78, 5) is 6.11. The Bertz CT molecular complexity index is 426. The van der Waals surface area contributed by atoms with Crippen LogP contribution in [0, 0.1) is 6.08 Å². The molecule has 1 aromatic heterocycles. The summed E-state index contributed by atoms with van der Waals surface area (Å²) in [6, 6.07) is 3.26. The maximum absolute atomic E-state index is 12.7. The molecule has 0 aliphatic heterocycles. The first-order chi connectivity index (χ1) is 6.74. The first-order valence-electron chi connectivity index (χ1n) is 4.02. The lowest BCUT2D eigenvalue weighted by molar-refractivity contribution is 0.356. The van der Waals surface area contributed by atoms with Gasteiger partial charge in [-0.2, -0.15) is 4.39 Å². The van der Waals surface area contributed by atoms with Crippen molar-refractivity contribution in [2.24, 2.45) is 0 Å². The van der Waals surface area contributed by atoms with Gasteiger partial charge in [0.25, 0.3) is 6.08 Å². The predicted molar refractivity (Wildman–Crippen MR) is 49.2 cm³/mol. The molecule has 0 amide bonds. The number of imidazole rings is 1. The van der Waals surface area contributed by atoms with E-state index in [-0.39, 0.29) is 0 Å². The third kappa shape index (κ3) is 1.26. The summed E-state index contributed by atoms with van der Waals surface area (Å²) in [5.74, 6) is 1.08. The van der Waals surface area contributed by atoms with Crippen molar-refractivity contribution >= 4 is 11.0 Å². The number of fused-ring (bicyclic) bond motifs is 1. The Hall–Kier alpha value is -1.78. The summed E-state index contributed by atoms with van der Waals surface area (Å²) < 4.78 is 22.9. The van der Waals surface area contributed by atoms with Gasteiger partial charge in [0.2, 0.25) is 0 Å². The molecule has 2 aromatic rings. The highest BCUT2D eigenvalue weighted by molar-refractivity contribution is 5.79. The second kappa shape index (κ2) is 3.17. The van der Waals surface area contributed by atoms with Gasteiger partial charge in [0.1, 0.15) is 0 Å². The van der Waals surface area contributed by atoms with E-state index in [1.54, 1.807) is 12.1 Å². The number of aromatic nitrogens is 2. The fourth-order valence-electron chi connectivity index (χ4n) is 1.31. The smallest absolute Gasteiger partial charge is 0.287 e. The van der Waals surface area contributed by atoms with Crippen LogP contribution in [-0.4, -0.2) is 24.2 Å². The van der Waals surface area contributed by atoms with E-state index in [1.807, 2.05) is 0 Å². The minimum Gasteiger partial charge on any atom is -0.493 e. The molecule has 0 saturated heterocycles. The van der Waals surface area contributed by atoms with Crippen LogP contribution in [0.15, 0.2) is 12.1 Å². The average Bonchev–Trinajstić information content (AvgIpc) is 2.54. The molecule has 74 valence electrons. The lowest BCUT2D eigenvalue weighted by Crippen LogP contribution is -1.89. The number of aromatic amines is 1. The highest BCUT2D eigenvalue weighted by Gasteiger charge is 2.09. The number of H-pyrrole nitrogens is 1. The first kappa shape index (κ1) is 8.80. The zero-order valence-electron chi connectivity index (χ0n) is 7.80. The minimum absolute atomic E-state index is 0.514. The number of rotatable bonds is 2. The summed E-state index contributed by atoms with van der Waals surface area (Å²) in [6.45, 7) is 0. The number of hydrogen-bond acceptors (Lipinski definition) is 3. The number of hydrogen-bond donors (Lipinski definition) is 1. The van der Waals surface area contributed by atoms with Gasteiger partial charge in [-0.3, -0.25) is 0 Å². The van der Waals surface area contributed by atoms with Gasteiger partial charge in [-0.15, -0.1) is 0 Å². The quantitative estimate of drug-likeness (QED) is 0.795. The van der Waals surface area contributed by atoms with Crippen LogP contribution < -0.4 is 9.47 Å². The van der Waals surface area contributed by atoms with Crippen LogP contribution >= 0.6 is 0 Å². The van der Waals surface area contributed by atoms with Gasteiger partial charge in [0, 0.05) is 12.1 Å². The van der Waals surface area contributed by atoms with Crippen LogP contribution in [0.2, 0.25) is 0 Å². The minimum atomic E-state index is -0.615. The molecule has 2 rings (SSSR count). The molecule has 1 aromatic carbocycles. The van der Waals surface area contributed by atoms with Crippen molar-refractivity contribution in [1.29, 1.82) is 0 Å². The van der Waals surface area contributed by atoms with E-state index >= 15 is 0 Å². The summed E-state index contributed by atoms with van der Waals surface area (Å²) in [5.41, 5.74) is 1.10. The Morgan fingerprint density at radius 3 is 2.50 bits per heavy atom. The fourth-order valence-corrected chi connectivity index (χ4v) is 1.31. The van der Waals surface area contributed by atoms with Crippen molar-refractivity contribution in [1.82, 2.24) is 9.97 Å². The van der Waals surface area contributed by atoms with E-state index in [0.717, 1.165) is 0 Å². The van der Waals surface area contributed by atoms with Crippen LogP contribution in [0.1, 0.15) is 0 Å². The van der Waals surface area contributed by atoms with Gasteiger partial charge in [0.05, 0.1) is 25.3 Å². The molecule has 0 aliphatic rings. The first-order valence-corrected chi connectivity index (χ1v) is 4.02. The van der Waals surface area contributed by atoms with Crippen LogP contribution in [0.4, 0.5) is 4.39 Å². The molecule has 0 aliphatic carbocycles. The number of halogens is 1. The third-order valence-corrected chi connectivity index (χ3v) is 1.96. The molecule has 14 heavy (non-hydrogen) atoms. The molecule has 5 heteroatoms. The SMILES string of the molecule is COc1cc2nc(F)[nH]c2cc1OC. The van der Waals surface area contributed by atoms with Crippen LogP contribution in [0.5, 0.6) is 11.5 Å². The second-order valence-electron chi connectivity index (χ2n) is 2.75. The molecule has 0 saturated carbocycles. The summed E-state index contributed by atoms with van der Waals surface area (Å²) in [7, 11) is 3.04. The predicted octanol–water partition coefficient (Wildman–Crippen LogP) is 1.72. The van der Waals surface area contributed by atoms with E-state index in [0.29, 0.717) is 22.5 Å². The molecule has 0 atom stereocenters. The normalized spacial score (nSPS) is 10.5. The molecular weight excluding hydrogens is 187 g/mol. The number of nitrogens with one attached hydrogen (secondary N) is 1. The van der Waals surface area contributed by atoms with Crippen molar-refractivity contribution in [3.63, 3.8) is 0 Å². The molecule has 0 bridgehead atoms. The van der Waals surface area contributed by atoms with E-state index in [2.05, 4.69) is 9.97 Å². The molecule has 0 unspecified atom stereocenters. The maximum Gasteiger partial charge on any atom is 0.287 e. The van der Waals surface area contributed by atoms with Crippen LogP contribution in [0.25, 0.3) is 11.0 Å². The molecule has 1 N–H and O–H groups in total. The Morgan fingerprint density at radius 2 is 1.86 bits per heavy atom. The Kier molecular flexibility index (Phi) is 1.99. The van der Waals surface area contributed by atoms with Gasteiger partial charge < -0.3 is 14.5 Å². The molecule has 1 heterocycles. The Morgan fingerprint density at radius 1 is 1.21 bits per heavy atom. The van der Waals surface area contributed by atoms with Crippen molar-refractivity contribution in [3.05, 3.63) is 18.2 Å². The lowest BCUT2D eigenvalue weighted by Gasteiger charge is -2.05. The average molecular weight is 196 g/mol. The lowest BCUT2D eigenvalue weighted by atomic mass is 10.3. The van der Waals surface area contributed by atoms with Gasteiger partial charge >= 0.3 is 0 Å². The van der Waals surface area contributed by atoms with Gasteiger partial charge in [-0.25, -0.2) is 4.98 Å².